The van der Waals surface area contributed by atoms with E-state index in [4.69, 9.17) is 27.9 Å². The average Bonchev–Trinajstić information content (AvgIpc) is 3.15. The van der Waals surface area contributed by atoms with Crippen molar-refractivity contribution in [1.29, 1.82) is 0 Å². The number of amides is 2. The molecule has 0 atom stereocenters. The van der Waals surface area contributed by atoms with Gasteiger partial charge in [-0.2, -0.15) is 13.2 Å². The number of fused-ring (bicyclic) bond motifs is 1. The number of aryl methyl sites for hydroxylation is 1. The normalized spacial score (nSPS) is 12.4. The highest BCUT2D eigenvalue weighted by Gasteiger charge is 2.29. The Hall–Kier alpha value is -3.22. The maximum atomic E-state index is 12.7. The van der Waals surface area contributed by atoms with Crippen molar-refractivity contribution in [3.63, 3.8) is 0 Å². The Morgan fingerprint density at radius 3 is 2.32 bits per heavy atom. The zero-order valence-corrected chi connectivity index (χ0v) is 24.9. The molecule has 0 radical (unpaired) electrons. The summed E-state index contributed by atoms with van der Waals surface area (Å²) in [5.74, 6) is -0.972. The molecule has 224 valence electrons. The first-order valence-electron chi connectivity index (χ1n) is 12.5. The fourth-order valence-corrected chi connectivity index (χ4v) is 4.09. The lowest BCUT2D eigenvalue weighted by molar-refractivity contribution is -0.128. The van der Waals surface area contributed by atoms with Gasteiger partial charge in [-0.25, -0.2) is 4.98 Å². The Morgan fingerprint density at radius 2 is 1.73 bits per heavy atom. The molecule has 2 amide bonds. The van der Waals surface area contributed by atoms with E-state index in [0.29, 0.717) is 16.8 Å². The van der Waals surface area contributed by atoms with Gasteiger partial charge in [-0.1, -0.05) is 50.0 Å². The zero-order chi connectivity index (χ0) is 30.9. The van der Waals surface area contributed by atoms with Crippen LogP contribution in [0.4, 0.5) is 24.8 Å². The number of carbonyl (C=O) groups is 2. The molecule has 3 aromatic rings. The second kappa shape index (κ2) is 11.9. The molecule has 0 saturated heterocycles. The molecular formula is C27H32Cl2F3N5O4. The van der Waals surface area contributed by atoms with Gasteiger partial charge in [0.05, 0.1) is 37.9 Å². The van der Waals surface area contributed by atoms with Gasteiger partial charge in [-0.3, -0.25) is 9.59 Å². The van der Waals surface area contributed by atoms with Crippen molar-refractivity contribution in [1.82, 2.24) is 20.2 Å². The van der Waals surface area contributed by atoms with Crippen LogP contribution in [0.3, 0.4) is 0 Å². The number of nitrogens with zero attached hydrogens (tertiary/aromatic N) is 2. The number of hydrogen-bond acceptors (Lipinski definition) is 6. The molecule has 41 heavy (non-hydrogen) atoms. The molecule has 14 heteroatoms. The molecule has 3 rings (SSSR count). The summed E-state index contributed by atoms with van der Waals surface area (Å²) in [6.45, 7) is 6.72. The quantitative estimate of drug-likeness (QED) is 0.244. The second-order valence-corrected chi connectivity index (χ2v) is 12.0. The van der Waals surface area contributed by atoms with E-state index in [1.54, 1.807) is 44.5 Å². The molecule has 0 saturated carbocycles. The number of alkyl halides is 3. The number of halogens is 5. The molecule has 0 aliphatic rings. The smallest absolute Gasteiger partial charge is 0.405 e. The van der Waals surface area contributed by atoms with Crippen LogP contribution in [0.1, 0.15) is 50.5 Å². The molecule has 1 heterocycles. The second-order valence-electron chi connectivity index (χ2n) is 11.2. The van der Waals surface area contributed by atoms with Gasteiger partial charge in [-0.15, -0.1) is 0 Å². The Balaban J connectivity index is 1.99. The first-order chi connectivity index (χ1) is 18.8. The van der Waals surface area contributed by atoms with Crippen LogP contribution in [-0.4, -0.2) is 51.4 Å². The summed E-state index contributed by atoms with van der Waals surface area (Å²) in [6.07, 6.45) is -4.61. The number of hydrogen-bond donors (Lipinski definition) is 4. The topological polar surface area (TPSA) is 118 Å². The fourth-order valence-electron chi connectivity index (χ4n) is 3.56. The van der Waals surface area contributed by atoms with Crippen LogP contribution < -0.4 is 20.7 Å². The number of anilines is 2. The van der Waals surface area contributed by atoms with Crippen molar-refractivity contribution in [2.75, 3.05) is 18.5 Å². The van der Waals surface area contributed by atoms with Crippen LogP contribution in [0.2, 0.25) is 10.0 Å². The fraction of sp³-hybridized carbons (Fsp3) is 0.444. The first-order valence-corrected chi connectivity index (χ1v) is 13.3. The number of ether oxygens (including phenoxy) is 1. The highest BCUT2D eigenvalue weighted by Crippen LogP contribution is 2.37. The van der Waals surface area contributed by atoms with Crippen molar-refractivity contribution < 1.29 is 32.6 Å². The standard InChI is InChI=1S/C27H32Cl2F3N5O4/c1-25(2,3)23(39)33-11-14-7-8-16(28)21(20(14)29)36-24-35-17-9-15(22(38)34-12-27(30,31)32)19(10-18(17)37(24)6)41-13-26(4,5)40/h7-10,40H,11-13H2,1-6H3,(H,33,39)(H,34,38)(H,35,36). The van der Waals surface area contributed by atoms with Gasteiger partial charge < -0.3 is 30.4 Å². The minimum atomic E-state index is -4.61. The summed E-state index contributed by atoms with van der Waals surface area (Å²) in [7, 11) is 1.66. The van der Waals surface area contributed by atoms with E-state index in [0.717, 1.165) is 0 Å². The molecule has 0 unspecified atom stereocenters. The van der Waals surface area contributed by atoms with E-state index in [-0.39, 0.29) is 51.9 Å². The van der Waals surface area contributed by atoms with Crippen LogP contribution in [0.5, 0.6) is 5.75 Å². The molecule has 9 nitrogen and oxygen atoms in total. The van der Waals surface area contributed by atoms with Gasteiger partial charge in [-0.05, 0) is 31.5 Å². The highest BCUT2D eigenvalue weighted by molar-refractivity contribution is 6.39. The van der Waals surface area contributed by atoms with Gasteiger partial charge in [0.2, 0.25) is 11.9 Å². The molecule has 2 aromatic carbocycles. The average molecular weight is 618 g/mol. The predicted molar refractivity (Wildman–Crippen MR) is 152 cm³/mol. The van der Waals surface area contributed by atoms with Crippen molar-refractivity contribution in [3.8, 4) is 5.75 Å². The molecule has 0 aliphatic heterocycles. The van der Waals surface area contributed by atoms with Crippen molar-refractivity contribution in [2.45, 2.75) is 52.9 Å². The van der Waals surface area contributed by atoms with E-state index in [1.165, 1.54) is 26.0 Å². The molecule has 0 spiro atoms. The van der Waals surface area contributed by atoms with Crippen LogP contribution >= 0.6 is 23.2 Å². The number of nitrogens with one attached hydrogen (secondary N) is 3. The van der Waals surface area contributed by atoms with E-state index in [2.05, 4.69) is 15.6 Å². The summed E-state index contributed by atoms with van der Waals surface area (Å²) >= 11 is 13.1. The van der Waals surface area contributed by atoms with Crippen LogP contribution in [-0.2, 0) is 18.4 Å². The van der Waals surface area contributed by atoms with Gasteiger partial charge in [0.15, 0.2) is 0 Å². The number of carbonyl (C=O) groups excluding carboxylic acids is 2. The summed E-state index contributed by atoms with van der Waals surface area (Å²) < 4.78 is 45.5. The van der Waals surface area contributed by atoms with Gasteiger partial charge >= 0.3 is 6.18 Å². The number of rotatable bonds is 9. The third-order valence-corrected chi connectivity index (χ3v) is 6.53. The Morgan fingerprint density at radius 1 is 1.07 bits per heavy atom. The number of aromatic nitrogens is 2. The zero-order valence-electron chi connectivity index (χ0n) is 23.4. The van der Waals surface area contributed by atoms with Crippen LogP contribution in [0.15, 0.2) is 24.3 Å². The lowest BCUT2D eigenvalue weighted by Crippen LogP contribution is -2.34. The lowest BCUT2D eigenvalue weighted by Gasteiger charge is -2.19. The molecule has 4 N–H and O–H groups in total. The largest absolute Gasteiger partial charge is 0.490 e. The molecule has 0 bridgehead atoms. The third-order valence-electron chi connectivity index (χ3n) is 5.79. The predicted octanol–water partition coefficient (Wildman–Crippen LogP) is 5.73. The monoisotopic (exact) mass is 617 g/mol. The van der Waals surface area contributed by atoms with Gasteiger partial charge in [0.1, 0.15) is 18.9 Å². The van der Waals surface area contributed by atoms with Crippen molar-refractivity contribution in [2.24, 2.45) is 12.5 Å². The molecule has 0 aliphatic carbocycles. The highest BCUT2D eigenvalue weighted by atomic mass is 35.5. The van der Waals surface area contributed by atoms with Crippen molar-refractivity contribution >= 4 is 57.7 Å². The minimum absolute atomic E-state index is 0.0403. The molecule has 0 fully saturated rings. The molecule has 1 aromatic heterocycles. The van der Waals surface area contributed by atoms with E-state index >= 15 is 0 Å². The summed E-state index contributed by atoms with van der Waals surface area (Å²) in [5, 5.41) is 18.3. The maximum absolute atomic E-state index is 12.7. The van der Waals surface area contributed by atoms with Crippen LogP contribution in [0.25, 0.3) is 11.0 Å². The summed E-state index contributed by atoms with van der Waals surface area (Å²) in [5.41, 5.74) is -0.417. The Kier molecular flexibility index (Phi) is 9.41. The van der Waals surface area contributed by atoms with E-state index in [9.17, 15) is 27.9 Å². The van der Waals surface area contributed by atoms with E-state index < -0.39 is 29.6 Å². The van der Waals surface area contributed by atoms with Crippen LogP contribution in [0, 0.1) is 5.41 Å². The number of aliphatic hydroxyl groups is 1. The number of imidazole rings is 1. The van der Waals surface area contributed by atoms with Gasteiger partial charge in [0, 0.05) is 25.1 Å². The Labute approximate surface area is 245 Å². The van der Waals surface area contributed by atoms with Gasteiger partial charge in [0.25, 0.3) is 5.91 Å². The molecular weight excluding hydrogens is 586 g/mol. The third kappa shape index (κ3) is 8.40. The number of benzene rings is 2. The van der Waals surface area contributed by atoms with E-state index in [1.807, 2.05) is 5.32 Å². The first kappa shape index (κ1) is 32.3. The maximum Gasteiger partial charge on any atom is 0.405 e. The Bertz CT molecular complexity index is 1460. The summed E-state index contributed by atoms with van der Waals surface area (Å²) in [4.78, 5) is 29.5. The summed E-state index contributed by atoms with van der Waals surface area (Å²) in [6, 6.07) is 6.05. The minimum Gasteiger partial charge on any atom is -0.490 e. The lowest BCUT2D eigenvalue weighted by atomic mass is 9.95. The SMILES string of the molecule is Cn1c(Nc2c(Cl)ccc(CNC(=O)C(C)(C)C)c2Cl)nc2cc(C(=O)NCC(F)(F)F)c(OCC(C)(C)O)cc21. The van der Waals surface area contributed by atoms with Crippen molar-refractivity contribution in [3.05, 3.63) is 45.4 Å².